The van der Waals surface area contributed by atoms with Gasteiger partial charge in [-0.2, -0.15) is 8.78 Å². The van der Waals surface area contributed by atoms with Crippen LogP contribution >= 0.6 is 11.8 Å². The van der Waals surface area contributed by atoms with Crippen molar-refractivity contribution in [3.8, 4) is 5.75 Å². The Morgan fingerprint density at radius 2 is 1.81 bits per heavy atom. The molecule has 3 rings (SSSR count). The number of carbonyl (C=O) groups excluding carboxylic acids is 2. The zero-order valence-electron chi connectivity index (χ0n) is 14.5. The van der Waals surface area contributed by atoms with E-state index in [1.807, 2.05) is 6.92 Å². The van der Waals surface area contributed by atoms with Crippen LogP contribution in [0.5, 0.6) is 5.75 Å². The fourth-order valence-electron chi connectivity index (χ4n) is 2.81. The highest BCUT2D eigenvalue weighted by atomic mass is 32.2. The van der Waals surface area contributed by atoms with E-state index in [1.165, 1.54) is 24.3 Å². The van der Waals surface area contributed by atoms with Gasteiger partial charge in [0.2, 0.25) is 5.91 Å². The number of rotatable bonds is 7. The molecule has 27 heavy (non-hydrogen) atoms. The molecule has 0 bridgehead atoms. The van der Waals surface area contributed by atoms with Crippen LogP contribution in [-0.4, -0.2) is 30.2 Å². The number of amides is 2. The predicted octanol–water partition coefficient (Wildman–Crippen LogP) is 4.14. The lowest BCUT2D eigenvalue weighted by Gasteiger charge is -2.16. The molecule has 0 spiro atoms. The maximum Gasteiger partial charge on any atom is 0.288 e. The van der Waals surface area contributed by atoms with E-state index in [-0.39, 0.29) is 18.2 Å². The topological polar surface area (TPSA) is 58.6 Å². The van der Waals surface area contributed by atoms with Gasteiger partial charge < -0.3 is 10.1 Å². The molecule has 1 fully saturated rings. The van der Waals surface area contributed by atoms with Crippen molar-refractivity contribution in [1.29, 1.82) is 0 Å². The summed E-state index contributed by atoms with van der Waals surface area (Å²) in [4.78, 5) is 26.4. The molecule has 1 unspecified atom stereocenters. The van der Waals surface area contributed by atoms with Gasteiger partial charge in [0.25, 0.3) is 11.7 Å². The van der Waals surface area contributed by atoms with Gasteiger partial charge in [-0.1, -0.05) is 11.8 Å². The maximum absolute atomic E-state index is 12.6. The molecule has 2 amide bonds. The summed E-state index contributed by atoms with van der Waals surface area (Å²) in [6, 6.07) is 12.4. The van der Waals surface area contributed by atoms with Crippen LogP contribution in [0, 0.1) is 0 Å². The number of benzene rings is 2. The van der Waals surface area contributed by atoms with Crippen LogP contribution in [0.25, 0.3) is 0 Å². The SMILES string of the molecule is CCOc1ccc(NC2CC(=O)N(c3ccc(SC(F)F)cc3)C2=O)cc1. The molecule has 1 aliphatic heterocycles. The van der Waals surface area contributed by atoms with Gasteiger partial charge in [0.05, 0.1) is 18.7 Å². The average molecular weight is 392 g/mol. The highest BCUT2D eigenvalue weighted by Crippen LogP contribution is 2.30. The third kappa shape index (κ3) is 4.57. The number of carbonyl (C=O) groups is 2. The Bertz CT molecular complexity index is 813. The Morgan fingerprint density at radius 1 is 1.15 bits per heavy atom. The first kappa shape index (κ1) is 19.2. The minimum atomic E-state index is -2.52. The summed E-state index contributed by atoms with van der Waals surface area (Å²) >= 11 is 0.414. The predicted molar refractivity (Wildman–Crippen MR) is 100 cm³/mol. The lowest BCUT2D eigenvalue weighted by Crippen LogP contribution is -2.34. The van der Waals surface area contributed by atoms with E-state index in [1.54, 1.807) is 24.3 Å². The molecular weight excluding hydrogens is 374 g/mol. The molecule has 1 aliphatic rings. The highest BCUT2D eigenvalue weighted by Gasteiger charge is 2.39. The number of anilines is 2. The number of alkyl halides is 2. The monoisotopic (exact) mass is 392 g/mol. The Kier molecular flexibility index (Phi) is 5.95. The van der Waals surface area contributed by atoms with E-state index in [2.05, 4.69) is 5.32 Å². The van der Waals surface area contributed by atoms with Crippen molar-refractivity contribution in [3.63, 3.8) is 0 Å². The number of hydrogen-bond donors (Lipinski definition) is 1. The molecule has 0 radical (unpaired) electrons. The van der Waals surface area contributed by atoms with Crippen LogP contribution in [0.1, 0.15) is 13.3 Å². The minimum Gasteiger partial charge on any atom is -0.494 e. The Balaban J connectivity index is 1.69. The Hall–Kier alpha value is -2.61. The van der Waals surface area contributed by atoms with E-state index >= 15 is 0 Å². The average Bonchev–Trinajstić information content (AvgIpc) is 2.91. The maximum atomic E-state index is 12.6. The molecule has 142 valence electrons. The fraction of sp³-hybridized carbons (Fsp3) is 0.263. The zero-order chi connectivity index (χ0) is 19.4. The van der Waals surface area contributed by atoms with Crippen LogP contribution in [0.3, 0.4) is 0 Å². The normalized spacial score (nSPS) is 16.9. The molecule has 1 heterocycles. The van der Waals surface area contributed by atoms with Crippen LogP contribution in [-0.2, 0) is 9.59 Å². The van der Waals surface area contributed by atoms with Crippen molar-refractivity contribution in [2.45, 2.75) is 30.0 Å². The van der Waals surface area contributed by atoms with E-state index in [9.17, 15) is 18.4 Å². The summed E-state index contributed by atoms with van der Waals surface area (Å²) in [6.45, 7) is 2.45. The van der Waals surface area contributed by atoms with Gasteiger partial charge >= 0.3 is 0 Å². The van der Waals surface area contributed by atoms with Crippen molar-refractivity contribution in [3.05, 3.63) is 48.5 Å². The molecule has 2 aromatic rings. The summed E-state index contributed by atoms with van der Waals surface area (Å²) in [5.74, 6) is -2.50. The van der Waals surface area contributed by atoms with Crippen LogP contribution in [0.15, 0.2) is 53.4 Å². The number of ether oxygens (including phenoxy) is 1. The second-order valence-corrected chi connectivity index (χ2v) is 6.86. The molecule has 5 nitrogen and oxygen atoms in total. The van der Waals surface area contributed by atoms with Crippen molar-refractivity contribution < 1.29 is 23.1 Å². The first-order valence-corrected chi connectivity index (χ1v) is 9.27. The fourth-order valence-corrected chi connectivity index (χ4v) is 3.31. The van der Waals surface area contributed by atoms with Gasteiger partial charge in [-0.05, 0) is 55.5 Å². The van der Waals surface area contributed by atoms with Gasteiger partial charge in [0, 0.05) is 10.6 Å². The molecule has 0 aromatic heterocycles. The third-order valence-corrected chi connectivity index (χ3v) is 4.70. The van der Waals surface area contributed by atoms with Crippen molar-refractivity contribution in [2.24, 2.45) is 0 Å². The largest absolute Gasteiger partial charge is 0.494 e. The second-order valence-electron chi connectivity index (χ2n) is 5.80. The van der Waals surface area contributed by atoms with E-state index in [0.29, 0.717) is 34.6 Å². The zero-order valence-corrected chi connectivity index (χ0v) is 15.3. The first-order chi connectivity index (χ1) is 13.0. The first-order valence-electron chi connectivity index (χ1n) is 8.39. The summed E-state index contributed by atoms with van der Waals surface area (Å²) in [5.41, 5.74) is 1.08. The molecule has 2 aromatic carbocycles. The number of thioether (sulfide) groups is 1. The van der Waals surface area contributed by atoms with Gasteiger partial charge in [-0.15, -0.1) is 0 Å². The van der Waals surface area contributed by atoms with Gasteiger partial charge in [0.1, 0.15) is 11.8 Å². The van der Waals surface area contributed by atoms with Crippen LogP contribution in [0.4, 0.5) is 20.2 Å². The molecular formula is C19H18F2N2O3S. The Morgan fingerprint density at radius 3 is 2.41 bits per heavy atom. The second kappa shape index (κ2) is 8.39. The molecule has 8 heteroatoms. The molecule has 1 saturated heterocycles. The molecule has 1 atom stereocenters. The van der Waals surface area contributed by atoms with Gasteiger partial charge in [0.15, 0.2) is 0 Å². The van der Waals surface area contributed by atoms with Crippen molar-refractivity contribution >= 4 is 35.0 Å². The molecule has 0 aliphatic carbocycles. The third-order valence-electron chi connectivity index (χ3n) is 3.97. The number of hydrogen-bond acceptors (Lipinski definition) is 5. The summed E-state index contributed by atoms with van der Waals surface area (Å²) in [6.07, 6.45) is 0.0274. The number of imide groups is 1. The molecule has 1 N–H and O–H groups in total. The van der Waals surface area contributed by atoms with Gasteiger partial charge in [-0.25, -0.2) is 4.90 Å². The number of halogens is 2. The lowest BCUT2D eigenvalue weighted by molar-refractivity contribution is -0.121. The molecule has 0 saturated carbocycles. The number of nitrogens with zero attached hydrogens (tertiary/aromatic N) is 1. The van der Waals surface area contributed by atoms with E-state index < -0.39 is 11.8 Å². The highest BCUT2D eigenvalue weighted by molar-refractivity contribution is 7.99. The summed E-state index contributed by atoms with van der Waals surface area (Å²) in [7, 11) is 0. The van der Waals surface area contributed by atoms with Crippen LogP contribution < -0.4 is 15.0 Å². The van der Waals surface area contributed by atoms with Gasteiger partial charge in [-0.3, -0.25) is 9.59 Å². The summed E-state index contributed by atoms with van der Waals surface area (Å²) < 4.78 is 30.2. The minimum absolute atomic E-state index is 0.0274. The van der Waals surface area contributed by atoms with Crippen molar-refractivity contribution in [1.82, 2.24) is 0 Å². The Labute approximate surface area is 159 Å². The quantitative estimate of drug-likeness (QED) is 0.567. The smallest absolute Gasteiger partial charge is 0.288 e. The van der Waals surface area contributed by atoms with Crippen LogP contribution in [0.2, 0.25) is 0 Å². The van der Waals surface area contributed by atoms with E-state index in [0.717, 1.165) is 10.6 Å². The van der Waals surface area contributed by atoms with Crippen molar-refractivity contribution in [2.75, 3.05) is 16.8 Å². The summed E-state index contributed by atoms with van der Waals surface area (Å²) in [5, 5.41) is 3.06. The van der Waals surface area contributed by atoms with E-state index in [4.69, 9.17) is 4.74 Å². The lowest BCUT2D eigenvalue weighted by atomic mass is 10.2. The number of nitrogens with one attached hydrogen (secondary N) is 1. The standard InChI is InChI=1S/C19H18F2N2O3S/c1-2-26-14-7-3-12(4-8-14)22-16-11-17(24)23(18(16)25)13-5-9-15(10-6-13)27-19(20)21/h3-10,16,19,22H,2,11H2,1H3.